The molecule has 1 atom stereocenters. The van der Waals surface area contributed by atoms with Gasteiger partial charge in [-0.2, -0.15) is 4.98 Å². The van der Waals surface area contributed by atoms with Gasteiger partial charge < -0.3 is 9.47 Å². The van der Waals surface area contributed by atoms with Gasteiger partial charge in [-0.3, -0.25) is 10.1 Å². The largest absolute Gasteiger partial charge is 0.497 e. The van der Waals surface area contributed by atoms with Crippen molar-refractivity contribution >= 4 is 44.1 Å². The molecule has 29 heavy (non-hydrogen) atoms. The van der Waals surface area contributed by atoms with Crippen LogP contribution in [0.15, 0.2) is 58.4 Å². The molecular formula is C20H17BrN4O3S. The molecule has 0 aliphatic carbocycles. The summed E-state index contributed by atoms with van der Waals surface area (Å²) >= 11 is 4.81. The SMILES string of the molecule is COc1cccc(-c2csc3nc(NC(=O)C(C)Oc4ccc(Br)cc4)nn23)c1. The van der Waals surface area contributed by atoms with Crippen LogP contribution < -0.4 is 14.8 Å². The number of halogens is 1. The second kappa shape index (κ2) is 8.22. The Bertz CT molecular complexity index is 1160. The van der Waals surface area contributed by atoms with Crippen LogP contribution in [0.3, 0.4) is 0 Å². The van der Waals surface area contributed by atoms with Gasteiger partial charge in [-0.15, -0.1) is 16.4 Å². The fraction of sp³-hybridized carbons (Fsp3) is 0.150. The van der Waals surface area contributed by atoms with Crippen molar-refractivity contribution in [3.8, 4) is 22.8 Å². The Labute approximate surface area is 179 Å². The summed E-state index contributed by atoms with van der Waals surface area (Å²) in [5.41, 5.74) is 1.82. The molecule has 4 aromatic rings. The quantitative estimate of drug-likeness (QED) is 0.442. The number of nitrogens with one attached hydrogen (secondary N) is 1. The molecule has 0 spiro atoms. The van der Waals surface area contributed by atoms with E-state index in [0.717, 1.165) is 21.5 Å². The third-order valence-corrected chi connectivity index (χ3v) is 5.52. The average molecular weight is 473 g/mol. The lowest BCUT2D eigenvalue weighted by molar-refractivity contribution is -0.122. The zero-order chi connectivity index (χ0) is 20.4. The first-order chi connectivity index (χ1) is 14.0. The van der Waals surface area contributed by atoms with Gasteiger partial charge in [-0.25, -0.2) is 4.52 Å². The van der Waals surface area contributed by atoms with E-state index < -0.39 is 6.10 Å². The second-order valence-electron chi connectivity index (χ2n) is 6.19. The average Bonchev–Trinajstić information content (AvgIpc) is 3.29. The molecule has 0 saturated carbocycles. The van der Waals surface area contributed by atoms with Crippen molar-refractivity contribution in [1.29, 1.82) is 0 Å². The van der Waals surface area contributed by atoms with E-state index in [1.807, 2.05) is 41.8 Å². The highest BCUT2D eigenvalue weighted by Crippen LogP contribution is 2.28. The summed E-state index contributed by atoms with van der Waals surface area (Å²) in [5, 5.41) is 9.11. The van der Waals surface area contributed by atoms with Gasteiger partial charge in [0.2, 0.25) is 4.96 Å². The van der Waals surface area contributed by atoms with Gasteiger partial charge in [0.15, 0.2) is 6.10 Å². The Morgan fingerprint density at radius 2 is 2.00 bits per heavy atom. The Balaban J connectivity index is 1.50. The summed E-state index contributed by atoms with van der Waals surface area (Å²) in [4.78, 5) is 17.5. The van der Waals surface area contributed by atoms with E-state index in [1.165, 1.54) is 11.3 Å². The number of benzene rings is 2. The van der Waals surface area contributed by atoms with Crippen molar-refractivity contribution in [3.63, 3.8) is 0 Å². The van der Waals surface area contributed by atoms with Crippen LogP contribution in [0.5, 0.6) is 11.5 Å². The lowest BCUT2D eigenvalue weighted by Crippen LogP contribution is -2.30. The Morgan fingerprint density at radius 1 is 1.21 bits per heavy atom. The molecular weight excluding hydrogens is 456 g/mol. The number of methoxy groups -OCH3 is 1. The molecule has 0 saturated heterocycles. The zero-order valence-corrected chi connectivity index (χ0v) is 18.0. The van der Waals surface area contributed by atoms with Crippen molar-refractivity contribution in [2.45, 2.75) is 13.0 Å². The van der Waals surface area contributed by atoms with Crippen molar-refractivity contribution in [3.05, 3.63) is 58.4 Å². The van der Waals surface area contributed by atoms with Crippen LogP contribution in [0, 0.1) is 0 Å². The van der Waals surface area contributed by atoms with E-state index in [0.29, 0.717) is 10.7 Å². The molecule has 9 heteroatoms. The molecule has 0 radical (unpaired) electrons. The molecule has 1 amide bonds. The van der Waals surface area contributed by atoms with Crippen LogP contribution in [0.1, 0.15) is 6.92 Å². The fourth-order valence-corrected chi connectivity index (χ4v) is 3.79. The fourth-order valence-electron chi connectivity index (χ4n) is 2.70. The molecule has 0 fully saturated rings. The van der Waals surface area contributed by atoms with Gasteiger partial charge in [0.1, 0.15) is 11.5 Å². The van der Waals surface area contributed by atoms with Crippen molar-refractivity contribution in [1.82, 2.24) is 14.6 Å². The van der Waals surface area contributed by atoms with Gasteiger partial charge in [0.05, 0.1) is 12.8 Å². The predicted octanol–water partition coefficient (Wildman–Crippen LogP) is 4.63. The summed E-state index contributed by atoms with van der Waals surface area (Å²) in [6.45, 7) is 1.68. The van der Waals surface area contributed by atoms with Gasteiger partial charge in [0, 0.05) is 15.4 Å². The van der Waals surface area contributed by atoms with E-state index in [9.17, 15) is 4.79 Å². The van der Waals surface area contributed by atoms with Gasteiger partial charge >= 0.3 is 0 Å². The number of hydrogen-bond acceptors (Lipinski definition) is 6. The Kier molecular flexibility index (Phi) is 5.50. The van der Waals surface area contributed by atoms with E-state index in [-0.39, 0.29) is 11.9 Å². The second-order valence-corrected chi connectivity index (χ2v) is 7.94. The number of carbonyl (C=O) groups is 1. The zero-order valence-electron chi connectivity index (χ0n) is 15.6. The number of ether oxygens (including phenoxy) is 2. The number of hydrogen-bond donors (Lipinski definition) is 1. The first kappa shape index (κ1) is 19.4. The molecule has 0 bridgehead atoms. The molecule has 0 aliphatic heterocycles. The van der Waals surface area contributed by atoms with Crippen LogP contribution in [-0.2, 0) is 4.79 Å². The van der Waals surface area contributed by atoms with E-state index in [2.05, 4.69) is 31.3 Å². The topological polar surface area (TPSA) is 77.8 Å². The first-order valence-corrected chi connectivity index (χ1v) is 10.4. The molecule has 2 aromatic heterocycles. The summed E-state index contributed by atoms with van der Waals surface area (Å²) in [6.07, 6.45) is -0.699. The standard InChI is InChI=1S/C20H17BrN4O3S/c1-12(28-15-8-6-14(21)7-9-15)18(26)22-19-23-20-25(24-19)17(11-29-20)13-4-3-5-16(10-13)27-2/h3-12H,1-2H3,(H,22,24,26). The highest BCUT2D eigenvalue weighted by Gasteiger charge is 2.18. The number of amides is 1. The number of aromatic nitrogens is 3. The van der Waals surface area contributed by atoms with E-state index >= 15 is 0 Å². The highest BCUT2D eigenvalue weighted by atomic mass is 79.9. The molecule has 4 rings (SSSR count). The number of fused-ring (bicyclic) bond motifs is 1. The molecule has 1 unspecified atom stereocenters. The van der Waals surface area contributed by atoms with Crippen LogP contribution in [0.2, 0.25) is 0 Å². The number of carbonyl (C=O) groups excluding carboxylic acids is 1. The van der Waals surface area contributed by atoms with Gasteiger partial charge in [-0.05, 0) is 43.3 Å². The summed E-state index contributed by atoms with van der Waals surface area (Å²) in [5.74, 6) is 1.27. The minimum atomic E-state index is -0.699. The lowest BCUT2D eigenvalue weighted by Gasteiger charge is -2.13. The van der Waals surface area contributed by atoms with Crippen molar-refractivity contribution < 1.29 is 14.3 Å². The maximum absolute atomic E-state index is 12.5. The lowest BCUT2D eigenvalue weighted by atomic mass is 10.2. The summed E-state index contributed by atoms with van der Waals surface area (Å²) < 4.78 is 13.6. The molecule has 148 valence electrons. The number of nitrogens with zero attached hydrogens (tertiary/aromatic N) is 3. The van der Waals surface area contributed by atoms with Crippen molar-refractivity contribution in [2.24, 2.45) is 0 Å². The minimum absolute atomic E-state index is 0.234. The van der Waals surface area contributed by atoms with Crippen LogP contribution in [0.25, 0.3) is 16.2 Å². The first-order valence-electron chi connectivity index (χ1n) is 8.75. The molecule has 2 heterocycles. The number of anilines is 1. The third-order valence-electron chi connectivity index (χ3n) is 4.18. The molecule has 0 aliphatic rings. The predicted molar refractivity (Wildman–Crippen MR) is 116 cm³/mol. The van der Waals surface area contributed by atoms with Crippen LogP contribution in [-0.4, -0.2) is 33.7 Å². The van der Waals surface area contributed by atoms with Crippen LogP contribution >= 0.6 is 27.3 Å². The van der Waals surface area contributed by atoms with Gasteiger partial charge in [-0.1, -0.05) is 28.1 Å². The normalized spacial score (nSPS) is 12.0. The number of thiazole rings is 1. The summed E-state index contributed by atoms with van der Waals surface area (Å²) in [6, 6.07) is 15.0. The minimum Gasteiger partial charge on any atom is -0.497 e. The smallest absolute Gasteiger partial charge is 0.267 e. The number of rotatable bonds is 6. The highest BCUT2D eigenvalue weighted by molar-refractivity contribution is 9.10. The Hall–Kier alpha value is -2.91. The van der Waals surface area contributed by atoms with Crippen molar-refractivity contribution in [2.75, 3.05) is 12.4 Å². The maximum atomic E-state index is 12.5. The van der Waals surface area contributed by atoms with E-state index in [1.54, 1.807) is 30.7 Å². The molecule has 2 aromatic carbocycles. The monoisotopic (exact) mass is 472 g/mol. The van der Waals surface area contributed by atoms with Crippen LogP contribution in [0.4, 0.5) is 5.95 Å². The molecule has 1 N–H and O–H groups in total. The van der Waals surface area contributed by atoms with E-state index in [4.69, 9.17) is 9.47 Å². The Morgan fingerprint density at radius 3 is 2.76 bits per heavy atom. The maximum Gasteiger partial charge on any atom is 0.267 e. The molecule has 7 nitrogen and oxygen atoms in total. The van der Waals surface area contributed by atoms with Gasteiger partial charge in [0.25, 0.3) is 11.9 Å². The third kappa shape index (κ3) is 4.25. The summed E-state index contributed by atoms with van der Waals surface area (Å²) in [7, 11) is 1.63.